The maximum atomic E-state index is 12.3. The highest BCUT2D eigenvalue weighted by atomic mass is 32.2. The molecule has 0 aliphatic carbocycles. The Balaban J connectivity index is 1.61. The van der Waals surface area contributed by atoms with Gasteiger partial charge in [-0.25, -0.2) is 9.67 Å². The van der Waals surface area contributed by atoms with Gasteiger partial charge in [0, 0.05) is 54.6 Å². The first-order valence-corrected chi connectivity index (χ1v) is 9.32. The van der Waals surface area contributed by atoms with Crippen LogP contribution in [-0.2, 0) is 22.3 Å². The van der Waals surface area contributed by atoms with Gasteiger partial charge in [-0.1, -0.05) is 12.1 Å². The van der Waals surface area contributed by atoms with Gasteiger partial charge in [-0.15, -0.1) is 0 Å². The monoisotopic (exact) mass is 347 g/mol. The highest BCUT2D eigenvalue weighted by molar-refractivity contribution is 7.83. The maximum absolute atomic E-state index is 12.3. The van der Waals surface area contributed by atoms with E-state index in [4.69, 9.17) is 0 Å². The maximum Gasteiger partial charge on any atom is 0.204 e. The Labute approximate surface area is 141 Å². The van der Waals surface area contributed by atoms with Crippen LogP contribution in [0, 0.1) is 0 Å². The molecule has 6 nitrogen and oxygen atoms in total. The Morgan fingerprint density at radius 3 is 2.61 bits per heavy atom. The first kappa shape index (κ1) is 15.8. The molecule has 1 atom stereocenters. The van der Waals surface area contributed by atoms with Gasteiger partial charge in [0.1, 0.15) is 0 Å². The summed E-state index contributed by atoms with van der Waals surface area (Å²) in [6.45, 7) is 0. The number of aromatic nitrogens is 4. The van der Waals surface area contributed by atoms with E-state index in [9.17, 15) is 4.21 Å². The fourth-order valence-corrected chi connectivity index (χ4v) is 3.80. The van der Waals surface area contributed by atoms with Crippen LogP contribution in [0.2, 0.25) is 0 Å². The number of benzene rings is 1. The fraction of sp³-hybridized carbons (Fsp3) is 0.267. The van der Waals surface area contributed by atoms with E-state index in [-0.39, 0.29) is 0 Å². The van der Waals surface area contributed by atoms with Crippen LogP contribution in [-0.4, -0.2) is 37.4 Å². The lowest BCUT2D eigenvalue weighted by Crippen LogP contribution is -2.08. The molecule has 0 bridgehead atoms. The molecule has 0 spiro atoms. The summed E-state index contributed by atoms with van der Waals surface area (Å²) in [6, 6.07) is 9.80. The van der Waals surface area contributed by atoms with Gasteiger partial charge in [-0.3, -0.25) is 4.21 Å². The Morgan fingerprint density at radius 2 is 2.00 bits per heavy atom. The van der Waals surface area contributed by atoms with Crippen molar-refractivity contribution in [3.63, 3.8) is 0 Å². The van der Waals surface area contributed by atoms with Gasteiger partial charge in [0.25, 0.3) is 0 Å². The Morgan fingerprint density at radius 1 is 1.22 bits per heavy atom. The number of anilines is 1. The van der Waals surface area contributed by atoms with Crippen LogP contribution in [0.3, 0.4) is 0 Å². The van der Waals surface area contributed by atoms with Crippen LogP contribution in [0.4, 0.5) is 5.13 Å². The molecular formula is C15H17N5OS2. The van der Waals surface area contributed by atoms with Crippen LogP contribution < -0.4 is 4.90 Å². The molecular weight excluding hydrogens is 330 g/mol. The molecule has 3 rings (SSSR count). The molecule has 3 aromatic rings. The summed E-state index contributed by atoms with van der Waals surface area (Å²) >= 11 is 1.33. The lowest BCUT2D eigenvalue weighted by molar-refractivity contribution is 0.681. The van der Waals surface area contributed by atoms with Crippen molar-refractivity contribution in [1.29, 1.82) is 0 Å². The fourth-order valence-electron chi connectivity index (χ4n) is 2.03. The summed E-state index contributed by atoms with van der Waals surface area (Å²) in [5, 5.41) is 5.02. The van der Waals surface area contributed by atoms with E-state index in [0.717, 1.165) is 16.4 Å². The first-order chi connectivity index (χ1) is 11.1. The molecule has 0 fully saturated rings. The van der Waals surface area contributed by atoms with Crippen molar-refractivity contribution in [2.24, 2.45) is 0 Å². The van der Waals surface area contributed by atoms with Crippen LogP contribution in [0.5, 0.6) is 0 Å². The average Bonchev–Trinajstić information content (AvgIpc) is 3.19. The van der Waals surface area contributed by atoms with Gasteiger partial charge in [0.05, 0.1) is 11.4 Å². The summed E-state index contributed by atoms with van der Waals surface area (Å²) < 4.78 is 18.3. The molecule has 0 radical (unpaired) electrons. The largest absolute Gasteiger partial charge is 0.353 e. The van der Waals surface area contributed by atoms with E-state index in [1.54, 1.807) is 10.9 Å². The highest BCUT2D eigenvalue weighted by Crippen LogP contribution is 2.16. The zero-order valence-electron chi connectivity index (χ0n) is 12.9. The van der Waals surface area contributed by atoms with Gasteiger partial charge < -0.3 is 4.90 Å². The second kappa shape index (κ2) is 7.01. The van der Waals surface area contributed by atoms with E-state index >= 15 is 0 Å². The lowest BCUT2D eigenvalue weighted by Gasteiger charge is -2.05. The minimum absolute atomic E-state index is 0.380. The molecule has 0 amide bonds. The smallest absolute Gasteiger partial charge is 0.204 e. The van der Waals surface area contributed by atoms with Gasteiger partial charge in [-0.05, 0) is 23.8 Å². The van der Waals surface area contributed by atoms with Gasteiger partial charge in [0.15, 0.2) is 5.82 Å². The summed E-state index contributed by atoms with van der Waals surface area (Å²) in [6.07, 6.45) is 3.63. The quantitative estimate of drug-likeness (QED) is 0.684. The molecule has 1 unspecified atom stereocenters. The van der Waals surface area contributed by atoms with E-state index in [1.165, 1.54) is 11.5 Å². The minimum Gasteiger partial charge on any atom is -0.353 e. The van der Waals surface area contributed by atoms with E-state index < -0.39 is 10.8 Å². The molecule has 0 saturated heterocycles. The van der Waals surface area contributed by atoms with E-state index in [1.807, 2.05) is 55.5 Å². The van der Waals surface area contributed by atoms with Crippen LogP contribution in [0.1, 0.15) is 11.4 Å². The lowest BCUT2D eigenvalue weighted by atomic mass is 10.2. The zero-order valence-corrected chi connectivity index (χ0v) is 14.5. The number of hydrogen-bond acceptors (Lipinski definition) is 6. The predicted octanol–water partition coefficient (Wildman–Crippen LogP) is 2.24. The zero-order chi connectivity index (χ0) is 16.2. The summed E-state index contributed by atoms with van der Waals surface area (Å²) in [5.74, 6) is 1.52. The van der Waals surface area contributed by atoms with Gasteiger partial charge in [0.2, 0.25) is 5.13 Å². The third-order valence-electron chi connectivity index (χ3n) is 3.16. The summed E-state index contributed by atoms with van der Waals surface area (Å²) in [4.78, 5) is 6.27. The van der Waals surface area contributed by atoms with Crippen molar-refractivity contribution < 1.29 is 4.21 Å². The standard InChI is InChI=1S/C15H17N5OS2/c1-19(2)15-17-14(18-22-15)11-23(21)10-12-4-6-13(7-5-12)20-9-3-8-16-20/h3-9H,10-11H2,1-2H3. The van der Waals surface area contributed by atoms with Crippen LogP contribution in [0.25, 0.3) is 5.69 Å². The predicted molar refractivity (Wildman–Crippen MR) is 93.4 cm³/mol. The summed E-state index contributed by atoms with van der Waals surface area (Å²) in [7, 11) is 2.81. The van der Waals surface area contributed by atoms with Crippen molar-refractivity contribution in [1.82, 2.24) is 19.1 Å². The normalized spacial score (nSPS) is 12.3. The minimum atomic E-state index is -1.02. The van der Waals surface area contributed by atoms with E-state index in [0.29, 0.717) is 17.3 Å². The average molecular weight is 347 g/mol. The number of hydrogen-bond donors (Lipinski definition) is 0. The number of nitrogens with zero attached hydrogens (tertiary/aromatic N) is 5. The van der Waals surface area contributed by atoms with Crippen molar-refractivity contribution >= 4 is 27.5 Å². The molecule has 0 N–H and O–H groups in total. The third kappa shape index (κ3) is 4.02. The SMILES string of the molecule is CN(C)c1nc(CS(=O)Cc2ccc(-n3cccn3)cc2)ns1. The van der Waals surface area contributed by atoms with Crippen molar-refractivity contribution in [3.8, 4) is 5.69 Å². The Kier molecular flexibility index (Phi) is 4.82. The Hall–Kier alpha value is -2.06. The van der Waals surface area contributed by atoms with E-state index in [2.05, 4.69) is 14.5 Å². The van der Waals surface area contributed by atoms with Crippen LogP contribution >= 0.6 is 11.5 Å². The molecule has 2 aromatic heterocycles. The molecule has 0 saturated carbocycles. The molecule has 8 heteroatoms. The van der Waals surface area contributed by atoms with Gasteiger partial charge >= 0.3 is 0 Å². The van der Waals surface area contributed by atoms with Crippen molar-refractivity contribution in [3.05, 3.63) is 54.1 Å². The van der Waals surface area contributed by atoms with Crippen molar-refractivity contribution in [2.45, 2.75) is 11.5 Å². The highest BCUT2D eigenvalue weighted by Gasteiger charge is 2.10. The second-order valence-corrected chi connectivity index (χ2v) is 7.42. The molecule has 0 aliphatic rings. The summed E-state index contributed by atoms with van der Waals surface area (Å²) in [5.41, 5.74) is 2.02. The van der Waals surface area contributed by atoms with Crippen LogP contribution in [0.15, 0.2) is 42.7 Å². The van der Waals surface area contributed by atoms with Gasteiger partial charge in [-0.2, -0.15) is 9.47 Å². The Bertz CT molecular complexity index is 781. The molecule has 23 heavy (non-hydrogen) atoms. The molecule has 1 aromatic carbocycles. The number of rotatable bonds is 6. The third-order valence-corrected chi connectivity index (χ3v) is 5.32. The van der Waals surface area contributed by atoms with Crippen molar-refractivity contribution in [2.75, 3.05) is 19.0 Å². The molecule has 2 heterocycles. The second-order valence-electron chi connectivity index (χ2n) is 5.23. The first-order valence-electron chi connectivity index (χ1n) is 7.05. The topological polar surface area (TPSA) is 63.9 Å². The molecule has 120 valence electrons. The molecule has 0 aliphatic heterocycles.